The van der Waals surface area contributed by atoms with Crippen LogP contribution in [0.4, 0.5) is 5.69 Å². The van der Waals surface area contributed by atoms with Crippen LogP contribution in [0.15, 0.2) is 40.2 Å². The van der Waals surface area contributed by atoms with Crippen molar-refractivity contribution >= 4 is 50.2 Å². The van der Waals surface area contributed by atoms with Crippen LogP contribution < -0.4 is 10.6 Å². The molecule has 0 fully saturated rings. The van der Waals surface area contributed by atoms with E-state index in [0.29, 0.717) is 11.0 Å². The molecule has 20 heavy (non-hydrogen) atoms. The minimum absolute atomic E-state index is 0.415. The van der Waals surface area contributed by atoms with E-state index in [4.69, 9.17) is 18.0 Å². The molecule has 2 nitrogen and oxygen atoms in total. The number of thiophene rings is 1. The molecule has 106 valence electrons. The van der Waals surface area contributed by atoms with E-state index in [1.54, 1.807) is 11.3 Å². The summed E-state index contributed by atoms with van der Waals surface area (Å²) in [5, 5.41) is 2.11. The molecule has 1 aromatic carbocycles. The molecule has 0 spiro atoms. The van der Waals surface area contributed by atoms with E-state index in [2.05, 4.69) is 64.3 Å². The normalized spacial score (nSPS) is 10.8. The summed E-state index contributed by atoms with van der Waals surface area (Å²) in [6.45, 7) is 5.31. The molecule has 0 bridgehead atoms. The van der Waals surface area contributed by atoms with Crippen LogP contribution in [0.2, 0.25) is 0 Å². The number of halogens is 1. The Labute approximate surface area is 137 Å². The van der Waals surface area contributed by atoms with Gasteiger partial charge in [-0.2, -0.15) is 0 Å². The monoisotopic (exact) mass is 368 g/mol. The molecule has 5 heteroatoms. The van der Waals surface area contributed by atoms with Gasteiger partial charge in [-0.1, -0.05) is 18.3 Å². The van der Waals surface area contributed by atoms with Crippen LogP contribution in [0.25, 0.3) is 0 Å². The van der Waals surface area contributed by atoms with Crippen molar-refractivity contribution in [2.45, 2.75) is 26.4 Å². The molecule has 2 N–H and O–H groups in total. The molecule has 0 unspecified atom stereocenters. The van der Waals surface area contributed by atoms with E-state index in [0.717, 1.165) is 16.6 Å². The van der Waals surface area contributed by atoms with Gasteiger partial charge < -0.3 is 10.6 Å². The number of rotatable bonds is 5. The smallest absolute Gasteiger partial charge is 0.105 e. The summed E-state index contributed by atoms with van der Waals surface area (Å²) in [7, 11) is 0. The van der Waals surface area contributed by atoms with Gasteiger partial charge in [0.05, 0.1) is 6.54 Å². The maximum Gasteiger partial charge on any atom is 0.105 e. The van der Waals surface area contributed by atoms with Crippen molar-refractivity contribution in [3.8, 4) is 0 Å². The maximum absolute atomic E-state index is 5.70. The standard InChI is InChI=1S/C15H17BrN2S2/c1-10(2)18(9-12-4-3-7-20-12)11-5-6-13(15(17)19)14(16)8-11/h3-8,10H,9H2,1-2H3,(H2,17,19). The van der Waals surface area contributed by atoms with Gasteiger partial charge in [0.1, 0.15) is 4.99 Å². The first-order valence-corrected chi connectivity index (χ1v) is 8.45. The first-order valence-electron chi connectivity index (χ1n) is 6.37. The molecule has 0 saturated carbocycles. The van der Waals surface area contributed by atoms with Gasteiger partial charge in [0.25, 0.3) is 0 Å². The third-order valence-corrected chi connectivity index (χ3v) is 4.82. The highest BCUT2D eigenvalue weighted by Crippen LogP contribution is 2.27. The van der Waals surface area contributed by atoms with Gasteiger partial charge in [0.15, 0.2) is 0 Å². The van der Waals surface area contributed by atoms with Crippen molar-refractivity contribution in [1.82, 2.24) is 0 Å². The van der Waals surface area contributed by atoms with Crippen LogP contribution in [-0.2, 0) is 6.54 Å². The first-order chi connectivity index (χ1) is 9.49. The van der Waals surface area contributed by atoms with Crippen molar-refractivity contribution < 1.29 is 0 Å². The van der Waals surface area contributed by atoms with Crippen molar-refractivity contribution in [3.05, 3.63) is 50.6 Å². The van der Waals surface area contributed by atoms with Gasteiger partial charge in [0.2, 0.25) is 0 Å². The Kier molecular flexibility index (Phi) is 5.18. The van der Waals surface area contributed by atoms with E-state index in [1.165, 1.54) is 10.6 Å². The lowest BCUT2D eigenvalue weighted by Gasteiger charge is -2.29. The van der Waals surface area contributed by atoms with Crippen molar-refractivity contribution in [2.24, 2.45) is 5.73 Å². The van der Waals surface area contributed by atoms with Gasteiger partial charge in [-0.25, -0.2) is 0 Å². The minimum atomic E-state index is 0.415. The summed E-state index contributed by atoms with van der Waals surface area (Å²) in [5.74, 6) is 0. The van der Waals surface area contributed by atoms with E-state index in [9.17, 15) is 0 Å². The molecule has 0 aliphatic rings. The molecule has 0 saturated heterocycles. The first kappa shape index (κ1) is 15.5. The van der Waals surface area contributed by atoms with Gasteiger partial charge in [-0.05, 0) is 59.4 Å². The Balaban J connectivity index is 2.30. The highest BCUT2D eigenvalue weighted by atomic mass is 79.9. The van der Waals surface area contributed by atoms with E-state index in [1.807, 2.05) is 6.07 Å². The fraction of sp³-hybridized carbons (Fsp3) is 0.267. The molecule has 0 radical (unpaired) electrons. The van der Waals surface area contributed by atoms with Crippen LogP contribution in [0, 0.1) is 0 Å². The second-order valence-corrected chi connectivity index (χ2v) is 7.16. The number of benzene rings is 1. The lowest BCUT2D eigenvalue weighted by molar-refractivity contribution is 0.687. The summed E-state index contributed by atoms with van der Waals surface area (Å²) in [4.78, 5) is 4.13. The Hall–Kier alpha value is -0.910. The number of anilines is 1. The molecule has 0 aliphatic heterocycles. The summed E-state index contributed by atoms with van der Waals surface area (Å²) in [6, 6.07) is 10.8. The number of hydrogen-bond donors (Lipinski definition) is 1. The molecule has 0 aliphatic carbocycles. The number of hydrogen-bond acceptors (Lipinski definition) is 3. The lowest BCUT2D eigenvalue weighted by atomic mass is 10.1. The Morgan fingerprint density at radius 1 is 1.40 bits per heavy atom. The van der Waals surface area contributed by atoms with Crippen molar-refractivity contribution in [3.63, 3.8) is 0 Å². The molecular weight excluding hydrogens is 352 g/mol. The van der Waals surface area contributed by atoms with Gasteiger partial charge >= 0.3 is 0 Å². The molecule has 2 rings (SSSR count). The third-order valence-electron chi connectivity index (χ3n) is 3.08. The minimum Gasteiger partial charge on any atom is -0.389 e. The Bertz CT molecular complexity index is 594. The topological polar surface area (TPSA) is 29.3 Å². The van der Waals surface area contributed by atoms with Gasteiger partial charge in [-0.3, -0.25) is 0 Å². The number of nitrogens with zero attached hydrogens (tertiary/aromatic N) is 1. The molecule has 1 aromatic heterocycles. The molecular formula is C15H17BrN2S2. The summed E-state index contributed by atoms with van der Waals surface area (Å²) in [5.41, 5.74) is 7.74. The molecule has 0 amide bonds. The highest BCUT2D eigenvalue weighted by Gasteiger charge is 2.14. The molecule has 1 heterocycles. The Morgan fingerprint density at radius 3 is 2.65 bits per heavy atom. The quantitative estimate of drug-likeness (QED) is 0.784. The zero-order valence-electron chi connectivity index (χ0n) is 11.5. The van der Waals surface area contributed by atoms with E-state index in [-0.39, 0.29) is 0 Å². The van der Waals surface area contributed by atoms with Crippen molar-refractivity contribution in [2.75, 3.05) is 4.90 Å². The fourth-order valence-electron chi connectivity index (χ4n) is 2.02. The van der Waals surface area contributed by atoms with Crippen LogP contribution >= 0.6 is 39.5 Å². The fourth-order valence-corrected chi connectivity index (χ4v) is 3.62. The van der Waals surface area contributed by atoms with E-state index < -0.39 is 0 Å². The van der Waals surface area contributed by atoms with Crippen molar-refractivity contribution in [1.29, 1.82) is 0 Å². The average molecular weight is 369 g/mol. The predicted molar refractivity (Wildman–Crippen MR) is 95.7 cm³/mol. The van der Waals surface area contributed by atoms with Crippen LogP contribution in [0.3, 0.4) is 0 Å². The summed E-state index contributed by atoms with van der Waals surface area (Å²) >= 11 is 10.4. The summed E-state index contributed by atoms with van der Waals surface area (Å²) in [6.07, 6.45) is 0. The van der Waals surface area contributed by atoms with Crippen LogP contribution in [-0.4, -0.2) is 11.0 Å². The largest absolute Gasteiger partial charge is 0.389 e. The number of nitrogens with two attached hydrogens (primary N) is 1. The number of thiocarbonyl (C=S) groups is 1. The average Bonchev–Trinajstić information content (AvgIpc) is 2.87. The van der Waals surface area contributed by atoms with Gasteiger partial charge in [0, 0.05) is 26.6 Å². The zero-order valence-corrected chi connectivity index (χ0v) is 14.7. The molecule has 2 aromatic rings. The van der Waals surface area contributed by atoms with E-state index >= 15 is 0 Å². The maximum atomic E-state index is 5.70. The second-order valence-electron chi connectivity index (χ2n) is 4.83. The summed E-state index contributed by atoms with van der Waals surface area (Å²) < 4.78 is 0.944. The molecule has 0 atom stereocenters. The Morgan fingerprint density at radius 2 is 2.15 bits per heavy atom. The lowest BCUT2D eigenvalue weighted by Crippen LogP contribution is -2.29. The third kappa shape index (κ3) is 3.59. The predicted octanol–water partition coefficient (Wildman–Crippen LogP) is 4.56. The second kappa shape index (κ2) is 6.70. The van der Waals surface area contributed by atoms with Gasteiger partial charge in [-0.15, -0.1) is 11.3 Å². The van der Waals surface area contributed by atoms with Crippen LogP contribution in [0.1, 0.15) is 24.3 Å². The van der Waals surface area contributed by atoms with Crippen LogP contribution in [0.5, 0.6) is 0 Å². The highest BCUT2D eigenvalue weighted by molar-refractivity contribution is 9.10. The SMILES string of the molecule is CC(C)N(Cc1cccs1)c1ccc(C(N)=S)c(Br)c1. The zero-order chi connectivity index (χ0) is 14.7.